The molecule has 0 aliphatic carbocycles. The number of nitrogens with one attached hydrogen (secondary N) is 1. The zero-order chi connectivity index (χ0) is 10.1. The second-order valence-electron chi connectivity index (χ2n) is 4.00. The Morgan fingerprint density at radius 3 is 2.38 bits per heavy atom. The lowest BCUT2D eigenvalue weighted by molar-refractivity contribution is 0.455. The Morgan fingerprint density at radius 2 is 1.85 bits per heavy atom. The van der Waals surface area contributed by atoms with Crippen LogP contribution in [0.25, 0.3) is 0 Å². The highest BCUT2D eigenvalue weighted by Crippen LogP contribution is 2.00. The van der Waals surface area contributed by atoms with Crippen molar-refractivity contribution in [3.8, 4) is 0 Å². The van der Waals surface area contributed by atoms with Gasteiger partial charge in [0.1, 0.15) is 0 Å². The summed E-state index contributed by atoms with van der Waals surface area (Å²) in [5.74, 6) is 0. The monoisotopic (exact) mass is 186 g/mol. The number of nitrogens with two attached hydrogens (primary N) is 1. The molecule has 0 aliphatic rings. The van der Waals surface area contributed by atoms with Gasteiger partial charge in [0.05, 0.1) is 0 Å². The van der Waals surface area contributed by atoms with Crippen LogP contribution in [-0.4, -0.2) is 18.6 Å². The average molecular weight is 186 g/mol. The van der Waals surface area contributed by atoms with E-state index in [1.807, 2.05) is 0 Å². The topological polar surface area (TPSA) is 38.0 Å². The molecular formula is C11H26N2. The molecule has 0 spiro atoms. The number of rotatable bonds is 8. The lowest BCUT2D eigenvalue weighted by atomic mass is 10.1. The Kier molecular flexibility index (Phi) is 8.46. The molecule has 0 bridgehead atoms. The predicted molar refractivity (Wildman–Crippen MR) is 59.9 cm³/mol. The zero-order valence-electron chi connectivity index (χ0n) is 9.47. The summed E-state index contributed by atoms with van der Waals surface area (Å²) < 4.78 is 0. The van der Waals surface area contributed by atoms with Crippen molar-refractivity contribution < 1.29 is 0 Å². The molecule has 2 nitrogen and oxygen atoms in total. The first kappa shape index (κ1) is 12.9. The van der Waals surface area contributed by atoms with E-state index in [9.17, 15) is 0 Å². The Bertz CT molecular complexity index is 104. The first-order valence-corrected chi connectivity index (χ1v) is 5.69. The first-order chi connectivity index (χ1) is 6.20. The molecule has 0 heterocycles. The first-order valence-electron chi connectivity index (χ1n) is 5.69. The minimum atomic E-state index is 0.342. The lowest BCUT2D eigenvalue weighted by Crippen LogP contribution is -2.38. The zero-order valence-corrected chi connectivity index (χ0v) is 9.47. The smallest absolute Gasteiger partial charge is 0.0165 e. The van der Waals surface area contributed by atoms with Gasteiger partial charge in [-0.2, -0.15) is 0 Å². The van der Waals surface area contributed by atoms with Gasteiger partial charge < -0.3 is 11.1 Å². The molecule has 13 heavy (non-hydrogen) atoms. The molecule has 0 fully saturated rings. The largest absolute Gasteiger partial charge is 0.327 e. The van der Waals surface area contributed by atoms with Gasteiger partial charge in [0.15, 0.2) is 0 Å². The van der Waals surface area contributed by atoms with E-state index in [4.69, 9.17) is 5.73 Å². The Labute approximate surface area is 83.3 Å². The summed E-state index contributed by atoms with van der Waals surface area (Å²) in [6.07, 6.45) is 6.19. The van der Waals surface area contributed by atoms with Crippen LogP contribution in [0.15, 0.2) is 0 Å². The van der Waals surface area contributed by atoms with Crippen molar-refractivity contribution in [3.63, 3.8) is 0 Å². The Balaban J connectivity index is 3.29. The van der Waals surface area contributed by atoms with Crippen molar-refractivity contribution in [2.45, 2.75) is 65.0 Å². The van der Waals surface area contributed by atoms with E-state index in [0.717, 1.165) is 13.0 Å². The quantitative estimate of drug-likeness (QED) is 0.610. The minimum Gasteiger partial charge on any atom is -0.327 e. The van der Waals surface area contributed by atoms with Crippen LogP contribution >= 0.6 is 0 Å². The van der Waals surface area contributed by atoms with Crippen LogP contribution in [0, 0.1) is 0 Å². The molecule has 0 saturated heterocycles. The summed E-state index contributed by atoms with van der Waals surface area (Å²) in [6, 6.07) is 0.969. The summed E-state index contributed by atoms with van der Waals surface area (Å²) in [5, 5.41) is 3.48. The molecule has 0 rings (SSSR count). The van der Waals surface area contributed by atoms with Crippen LogP contribution in [0.5, 0.6) is 0 Å². The molecule has 0 aliphatic heterocycles. The fourth-order valence-electron chi connectivity index (χ4n) is 1.44. The summed E-state index contributed by atoms with van der Waals surface area (Å²) in [6.45, 7) is 7.63. The van der Waals surface area contributed by atoms with E-state index in [1.54, 1.807) is 0 Å². The van der Waals surface area contributed by atoms with Crippen molar-refractivity contribution in [1.29, 1.82) is 0 Å². The van der Waals surface area contributed by atoms with Crippen molar-refractivity contribution in [2.24, 2.45) is 5.73 Å². The molecule has 0 aromatic carbocycles. The maximum absolute atomic E-state index is 5.90. The van der Waals surface area contributed by atoms with Gasteiger partial charge in [-0.15, -0.1) is 0 Å². The van der Waals surface area contributed by atoms with Gasteiger partial charge in [-0.25, -0.2) is 0 Å². The third-order valence-electron chi connectivity index (χ3n) is 2.38. The van der Waals surface area contributed by atoms with Gasteiger partial charge >= 0.3 is 0 Å². The lowest BCUT2D eigenvalue weighted by Gasteiger charge is -2.16. The van der Waals surface area contributed by atoms with Gasteiger partial charge in [-0.05, 0) is 19.8 Å². The third kappa shape index (κ3) is 8.26. The highest BCUT2D eigenvalue weighted by molar-refractivity contribution is 4.67. The summed E-state index contributed by atoms with van der Waals surface area (Å²) in [5.41, 5.74) is 5.90. The molecule has 0 saturated carbocycles. The van der Waals surface area contributed by atoms with Gasteiger partial charge in [-0.1, -0.05) is 33.1 Å². The van der Waals surface area contributed by atoms with Crippen molar-refractivity contribution in [2.75, 3.05) is 6.54 Å². The highest BCUT2D eigenvalue weighted by atomic mass is 14.9. The van der Waals surface area contributed by atoms with Gasteiger partial charge in [0.2, 0.25) is 0 Å². The maximum atomic E-state index is 5.90. The van der Waals surface area contributed by atoms with Crippen molar-refractivity contribution >= 4 is 0 Å². The van der Waals surface area contributed by atoms with E-state index in [0.29, 0.717) is 12.1 Å². The second-order valence-corrected chi connectivity index (χ2v) is 4.00. The molecule has 0 aromatic rings. The van der Waals surface area contributed by atoms with E-state index in [2.05, 4.69) is 26.1 Å². The maximum Gasteiger partial charge on any atom is 0.0165 e. The van der Waals surface area contributed by atoms with E-state index in [1.165, 1.54) is 25.7 Å². The van der Waals surface area contributed by atoms with Gasteiger partial charge in [-0.3, -0.25) is 0 Å². The Morgan fingerprint density at radius 1 is 1.15 bits per heavy atom. The average Bonchev–Trinajstić information content (AvgIpc) is 2.12. The van der Waals surface area contributed by atoms with Gasteiger partial charge in [0.25, 0.3) is 0 Å². The molecule has 0 radical (unpaired) electrons. The van der Waals surface area contributed by atoms with Crippen LogP contribution in [-0.2, 0) is 0 Å². The molecule has 3 N–H and O–H groups in total. The molecule has 2 unspecified atom stereocenters. The molecule has 2 heteroatoms. The molecule has 80 valence electrons. The molecule has 2 atom stereocenters. The van der Waals surface area contributed by atoms with Crippen LogP contribution in [0.4, 0.5) is 0 Å². The van der Waals surface area contributed by atoms with Crippen LogP contribution < -0.4 is 11.1 Å². The number of hydrogen-bond donors (Lipinski definition) is 2. The van der Waals surface area contributed by atoms with E-state index >= 15 is 0 Å². The fraction of sp³-hybridized carbons (Fsp3) is 1.00. The second kappa shape index (κ2) is 8.52. The summed E-state index contributed by atoms with van der Waals surface area (Å²) >= 11 is 0. The predicted octanol–water partition coefficient (Wildman–Crippen LogP) is 2.28. The van der Waals surface area contributed by atoms with Crippen molar-refractivity contribution in [1.82, 2.24) is 5.32 Å². The molecular weight excluding hydrogens is 160 g/mol. The van der Waals surface area contributed by atoms with Crippen LogP contribution in [0.3, 0.4) is 0 Å². The third-order valence-corrected chi connectivity index (χ3v) is 2.38. The molecule has 0 aromatic heterocycles. The fourth-order valence-corrected chi connectivity index (χ4v) is 1.44. The minimum absolute atomic E-state index is 0.342. The van der Waals surface area contributed by atoms with Gasteiger partial charge in [0, 0.05) is 18.6 Å². The summed E-state index contributed by atoms with van der Waals surface area (Å²) in [4.78, 5) is 0. The standard InChI is InChI=1S/C11H26N2/c1-4-6-8-10(3)13-9-11(12)7-5-2/h10-11,13H,4-9,12H2,1-3H3. The van der Waals surface area contributed by atoms with E-state index < -0.39 is 0 Å². The highest BCUT2D eigenvalue weighted by Gasteiger charge is 2.03. The molecule has 0 amide bonds. The normalized spacial score (nSPS) is 15.7. The number of unbranched alkanes of at least 4 members (excludes halogenated alkanes) is 1. The van der Waals surface area contributed by atoms with Crippen LogP contribution in [0.1, 0.15) is 52.9 Å². The van der Waals surface area contributed by atoms with E-state index in [-0.39, 0.29) is 0 Å². The SMILES string of the molecule is CCCCC(C)NCC(N)CCC. The van der Waals surface area contributed by atoms with Crippen LogP contribution in [0.2, 0.25) is 0 Å². The summed E-state index contributed by atoms with van der Waals surface area (Å²) in [7, 11) is 0. The van der Waals surface area contributed by atoms with Crippen molar-refractivity contribution in [3.05, 3.63) is 0 Å². The number of hydrogen-bond acceptors (Lipinski definition) is 2. The Hall–Kier alpha value is -0.0800.